The van der Waals surface area contributed by atoms with Crippen molar-refractivity contribution in [3.63, 3.8) is 0 Å². The van der Waals surface area contributed by atoms with Crippen molar-refractivity contribution in [2.45, 2.75) is 83.1 Å². The lowest BCUT2D eigenvalue weighted by atomic mass is 9.81. The maximum atomic E-state index is 4.33. The minimum atomic E-state index is -0.0738. The molecule has 0 fully saturated rings. The van der Waals surface area contributed by atoms with Crippen LogP contribution in [0.3, 0.4) is 0 Å². The Hall–Kier alpha value is -5.34. The Bertz CT molecular complexity index is 2700. The molecule has 0 bridgehead atoms. The van der Waals surface area contributed by atoms with E-state index in [1.807, 2.05) is 0 Å². The molecule has 2 heteroatoms. The monoisotopic (exact) mass is 688 g/mol. The van der Waals surface area contributed by atoms with Crippen LogP contribution in [-0.4, -0.2) is 9.13 Å². The van der Waals surface area contributed by atoms with E-state index < -0.39 is 0 Å². The zero-order valence-corrected chi connectivity index (χ0v) is 31.3. The first kappa shape index (κ1) is 32.3. The highest BCUT2D eigenvalue weighted by molar-refractivity contribution is 5.95. The third-order valence-corrected chi connectivity index (χ3v) is 13.0. The van der Waals surface area contributed by atoms with Crippen LogP contribution in [0.4, 0.5) is 0 Å². The smallest absolute Gasteiger partial charge is 0.0572 e. The summed E-state index contributed by atoms with van der Waals surface area (Å²) in [6.07, 6.45) is 31.3. The molecule has 3 aromatic carbocycles. The average Bonchev–Trinajstić information content (AvgIpc) is 3.80. The van der Waals surface area contributed by atoms with E-state index >= 15 is 0 Å². The molecule has 2 aromatic heterocycles. The lowest BCUT2D eigenvalue weighted by molar-refractivity contribution is 0.643. The molecule has 5 aliphatic carbocycles. The first-order valence-corrected chi connectivity index (χ1v) is 19.8. The molecule has 0 N–H and O–H groups in total. The maximum absolute atomic E-state index is 4.33. The number of fused-ring (bicyclic) bond motifs is 7. The van der Waals surface area contributed by atoms with Gasteiger partial charge in [-0.2, -0.15) is 0 Å². The number of allylic oxidation sites excluding steroid dienone is 12. The lowest BCUT2D eigenvalue weighted by Gasteiger charge is -2.24. The van der Waals surface area contributed by atoms with Crippen LogP contribution in [0.5, 0.6) is 0 Å². The van der Waals surface area contributed by atoms with Crippen molar-refractivity contribution in [2.24, 2.45) is 0 Å². The van der Waals surface area contributed by atoms with Crippen LogP contribution >= 0.6 is 0 Å². The van der Waals surface area contributed by atoms with Gasteiger partial charge in [-0.3, -0.25) is 0 Å². The second-order valence-corrected chi connectivity index (χ2v) is 16.2. The standard InChI is InChI=1S/C51H48N2/c1-5-44-50(41-19-9-12-20-45(41)51(44,3)4)33(2)52-46-21-13-10-17-39(46)42-31-36(25-29-48(42)52)37-26-30-49-43(32-37)40-18-11-14-22-47(40)53(49)38-27-23-35(24-28-38)34-15-7-6-8-16-34/h5-7,9-13,15,17-21,23,26-27,29-33,36H,1,8,14,16,22,24-25,28H2,2-4H3. The SMILES string of the molecule is C=CC1=C(C(C)n2c3c(c4ccccc42)=CC(c2ccc4c(c2)c2c(n4C4=CC=C(C5=CC=CCC5)CC4)CCC=C2)CC=3)c2ccccc2C1(C)C. The molecule has 2 unspecified atom stereocenters. The molecule has 0 saturated heterocycles. The van der Waals surface area contributed by atoms with Gasteiger partial charge in [0.1, 0.15) is 0 Å². The Kier molecular flexibility index (Phi) is 7.55. The number of nitrogens with zero attached hydrogens (tertiary/aromatic N) is 2. The Morgan fingerprint density at radius 3 is 2.49 bits per heavy atom. The summed E-state index contributed by atoms with van der Waals surface area (Å²) in [5, 5.41) is 5.45. The molecule has 0 aliphatic heterocycles. The predicted molar refractivity (Wildman–Crippen MR) is 226 cm³/mol. The fraction of sp³-hybridized carbons (Fsp3) is 0.255. The Balaban J connectivity index is 1.07. The van der Waals surface area contributed by atoms with Crippen molar-refractivity contribution in [2.75, 3.05) is 0 Å². The van der Waals surface area contributed by atoms with Crippen LogP contribution in [-0.2, 0) is 11.8 Å². The van der Waals surface area contributed by atoms with Gasteiger partial charge in [-0.15, -0.1) is 0 Å². The van der Waals surface area contributed by atoms with E-state index in [0.29, 0.717) is 5.92 Å². The van der Waals surface area contributed by atoms with Gasteiger partial charge in [0.05, 0.1) is 11.6 Å². The molecule has 2 atom stereocenters. The summed E-state index contributed by atoms with van der Waals surface area (Å²) < 4.78 is 5.22. The molecule has 0 amide bonds. The van der Waals surface area contributed by atoms with Gasteiger partial charge in [0.15, 0.2) is 0 Å². The predicted octanol–water partition coefficient (Wildman–Crippen LogP) is 11.6. The van der Waals surface area contributed by atoms with Gasteiger partial charge >= 0.3 is 0 Å². The molecule has 5 aliphatic rings. The van der Waals surface area contributed by atoms with E-state index in [9.17, 15) is 0 Å². The molecular formula is C51H48N2. The van der Waals surface area contributed by atoms with Gasteiger partial charge in [-0.1, -0.05) is 124 Å². The lowest BCUT2D eigenvalue weighted by Crippen LogP contribution is -2.34. The quantitative estimate of drug-likeness (QED) is 0.168. The summed E-state index contributed by atoms with van der Waals surface area (Å²) in [7, 11) is 0. The van der Waals surface area contributed by atoms with Crippen LogP contribution in [0.25, 0.3) is 51.3 Å². The van der Waals surface area contributed by atoms with E-state index in [4.69, 9.17) is 0 Å². The summed E-state index contributed by atoms with van der Waals surface area (Å²) in [6, 6.07) is 25.5. The van der Waals surface area contributed by atoms with Gasteiger partial charge in [-0.25, -0.2) is 0 Å². The third kappa shape index (κ3) is 4.91. The van der Waals surface area contributed by atoms with Crippen molar-refractivity contribution in [1.82, 2.24) is 9.13 Å². The Morgan fingerprint density at radius 1 is 0.830 bits per heavy atom. The maximum Gasteiger partial charge on any atom is 0.0572 e. The number of rotatable bonds is 6. The number of aromatic nitrogens is 2. The summed E-state index contributed by atoms with van der Waals surface area (Å²) in [5.74, 6) is 0.319. The summed E-state index contributed by atoms with van der Waals surface area (Å²) in [5.41, 5.74) is 16.8. The van der Waals surface area contributed by atoms with Crippen LogP contribution in [0.2, 0.25) is 0 Å². The minimum Gasteiger partial charge on any atom is -0.333 e. The first-order chi connectivity index (χ1) is 25.9. The molecule has 5 aromatic rings. The molecule has 0 saturated carbocycles. The van der Waals surface area contributed by atoms with Gasteiger partial charge < -0.3 is 9.13 Å². The number of benzene rings is 3. The highest BCUT2D eigenvalue weighted by Crippen LogP contribution is 2.50. The number of hydrogen-bond donors (Lipinski definition) is 0. The highest BCUT2D eigenvalue weighted by atomic mass is 15.0. The van der Waals surface area contributed by atoms with Gasteiger partial charge in [0.25, 0.3) is 0 Å². The zero-order chi connectivity index (χ0) is 35.8. The molecule has 53 heavy (non-hydrogen) atoms. The first-order valence-electron chi connectivity index (χ1n) is 19.8. The van der Waals surface area contributed by atoms with Gasteiger partial charge in [0, 0.05) is 55.1 Å². The molecular weight excluding hydrogens is 641 g/mol. The topological polar surface area (TPSA) is 9.86 Å². The second kappa shape index (κ2) is 12.4. The van der Waals surface area contributed by atoms with Crippen molar-refractivity contribution >= 4 is 51.3 Å². The Labute approximate surface area is 313 Å². The molecule has 262 valence electrons. The second-order valence-electron chi connectivity index (χ2n) is 16.2. The van der Waals surface area contributed by atoms with Crippen LogP contribution < -0.4 is 10.6 Å². The van der Waals surface area contributed by atoms with E-state index in [0.717, 1.165) is 38.5 Å². The van der Waals surface area contributed by atoms with Crippen LogP contribution in [0.15, 0.2) is 133 Å². The van der Waals surface area contributed by atoms with E-state index in [1.54, 1.807) is 0 Å². The summed E-state index contributed by atoms with van der Waals surface area (Å²) in [6.45, 7) is 11.4. The van der Waals surface area contributed by atoms with Gasteiger partial charge in [0.2, 0.25) is 0 Å². The molecule has 0 radical (unpaired) electrons. The average molecular weight is 689 g/mol. The molecule has 2 nitrogen and oxygen atoms in total. The summed E-state index contributed by atoms with van der Waals surface area (Å²) >= 11 is 0. The Morgan fingerprint density at radius 2 is 1.66 bits per heavy atom. The minimum absolute atomic E-state index is 0.0738. The van der Waals surface area contributed by atoms with Crippen LogP contribution in [0, 0.1) is 0 Å². The van der Waals surface area contributed by atoms with E-state index in [2.05, 4.69) is 164 Å². The van der Waals surface area contributed by atoms with Crippen molar-refractivity contribution in [1.29, 1.82) is 0 Å². The van der Waals surface area contributed by atoms with E-state index in [-0.39, 0.29) is 11.5 Å². The van der Waals surface area contributed by atoms with Crippen LogP contribution in [0.1, 0.15) is 99.2 Å². The molecule has 2 heterocycles. The zero-order valence-electron chi connectivity index (χ0n) is 31.3. The third-order valence-electron chi connectivity index (χ3n) is 13.0. The van der Waals surface area contributed by atoms with Crippen molar-refractivity contribution < 1.29 is 0 Å². The number of hydrogen-bond acceptors (Lipinski definition) is 0. The fourth-order valence-corrected chi connectivity index (χ4v) is 10.4. The normalized spacial score (nSPS) is 20.6. The fourth-order valence-electron chi connectivity index (χ4n) is 10.4. The number of para-hydroxylation sites is 1. The molecule has 10 rings (SSSR count). The highest BCUT2D eigenvalue weighted by Gasteiger charge is 2.38. The van der Waals surface area contributed by atoms with Crippen molar-refractivity contribution in [3.8, 4) is 0 Å². The largest absolute Gasteiger partial charge is 0.333 e. The summed E-state index contributed by atoms with van der Waals surface area (Å²) in [4.78, 5) is 0. The van der Waals surface area contributed by atoms with E-state index in [1.165, 1.54) is 94.7 Å². The molecule has 0 spiro atoms. The van der Waals surface area contributed by atoms with Gasteiger partial charge in [-0.05, 0) is 115 Å². The van der Waals surface area contributed by atoms with Crippen molar-refractivity contribution in [3.05, 3.63) is 171 Å².